The molecule has 1 aliphatic rings. The van der Waals surface area contributed by atoms with Gasteiger partial charge in [0.2, 0.25) is 0 Å². The summed E-state index contributed by atoms with van der Waals surface area (Å²) in [4.78, 5) is 0. The monoisotopic (exact) mass is 235 g/mol. The van der Waals surface area contributed by atoms with Crippen molar-refractivity contribution in [1.82, 2.24) is 0 Å². The number of hydrogen-bond donors (Lipinski definition) is 1. The van der Waals surface area contributed by atoms with Crippen LogP contribution in [0, 0.1) is 0 Å². The summed E-state index contributed by atoms with van der Waals surface area (Å²) in [7, 11) is 0. The zero-order valence-electron chi connectivity index (χ0n) is 10.1. The Bertz CT molecular complexity index is 336. The van der Waals surface area contributed by atoms with Gasteiger partial charge < -0.3 is 5.32 Å². The summed E-state index contributed by atoms with van der Waals surface area (Å²) in [5.74, 6) is 2.51. The maximum atomic E-state index is 3.52. The lowest BCUT2D eigenvalue weighted by molar-refractivity contribution is 0.911. The second-order valence-electron chi connectivity index (χ2n) is 4.31. The van der Waals surface area contributed by atoms with Gasteiger partial charge in [-0.2, -0.15) is 11.8 Å². The van der Waals surface area contributed by atoms with Crippen LogP contribution in [0.4, 0.5) is 5.69 Å². The maximum Gasteiger partial charge on any atom is 0.0343 e. The van der Waals surface area contributed by atoms with E-state index in [9.17, 15) is 0 Å². The molecule has 0 radical (unpaired) electrons. The van der Waals surface area contributed by atoms with Crippen molar-refractivity contribution in [2.24, 2.45) is 0 Å². The summed E-state index contributed by atoms with van der Waals surface area (Å²) in [6, 6.07) is 6.87. The number of hydrogen-bond acceptors (Lipinski definition) is 2. The first kappa shape index (κ1) is 11.8. The number of aryl methyl sites for hydroxylation is 2. The van der Waals surface area contributed by atoms with Gasteiger partial charge in [-0.1, -0.05) is 13.0 Å². The number of thioether (sulfide) groups is 1. The average molecular weight is 235 g/mol. The molecule has 0 unspecified atom stereocenters. The number of rotatable bonds is 6. The molecule has 0 fully saturated rings. The van der Waals surface area contributed by atoms with Gasteiger partial charge in [0.05, 0.1) is 0 Å². The Balaban J connectivity index is 1.77. The van der Waals surface area contributed by atoms with Gasteiger partial charge in [0.15, 0.2) is 0 Å². The highest BCUT2D eigenvalue weighted by Crippen LogP contribution is 2.24. The molecule has 88 valence electrons. The van der Waals surface area contributed by atoms with Gasteiger partial charge in [-0.25, -0.2) is 0 Å². The lowest BCUT2D eigenvalue weighted by Gasteiger charge is -2.08. The third-order valence-electron chi connectivity index (χ3n) is 3.10. The van der Waals surface area contributed by atoms with E-state index in [0.717, 1.165) is 6.54 Å². The highest BCUT2D eigenvalue weighted by Gasteiger charge is 2.10. The van der Waals surface area contributed by atoms with Crippen molar-refractivity contribution in [3.63, 3.8) is 0 Å². The van der Waals surface area contributed by atoms with Crippen LogP contribution in [0.1, 0.15) is 30.9 Å². The van der Waals surface area contributed by atoms with Crippen molar-refractivity contribution >= 4 is 17.4 Å². The molecule has 1 aromatic carbocycles. The molecule has 1 aromatic rings. The van der Waals surface area contributed by atoms with Crippen molar-refractivity contribution in [2.75, 3.05) is 23.4 Å². The second kappa shape index (κ2) is 6.19. The number of fused-ring (bicyclic) bond motifs is 1. The van der Waals surface area contributed by atoms with Gasteiger partial charge in [0.25, 0.3) is 0 Å². The molecule has 0 saturated carbocycles. The third kappa shape index (κ3) is 3.18. The Labute approximate surface area is 103 Å². The molecular weight excluding hydrogens is 214 g/mol. The SMILES string of the molecule is CCSCCCNc1ccc2c(c1)CCC2. The lowest BCUT2D eigenvalue weighted by Crippen LogP contribution is -2.03. The fourth-order valence-corrected chi connectivity index (χ4v) is 2.87. The molecule has 0 heterocycles. The molecule has 1 aliphatic carbocycles. The second-order valence-corrected chi connectivity index (χ2v) is 5.71. The molecule has 16 heavy (non-hydrogen) atoms. The Morgan fingerprint density at radius 2 is 2.12 bits per heavy atom. The highest BCUT2D eigenvalue weighted by molar-refractivity contribution is 7.99. The van der Waals surface area contributed by atoms with Crippen LogP contribution in [-0.2, 0) is 12.8 Å². The summed E-state index contributed by atoms with van der Waals surface area (Å²) < 4.78 is 0. The fourth-order valence-electron chi connectivity index (χ4n) is 2.23. The van der Waals surface area contributed by atoms with Crippen molar-refractivity contribution in [3.05, 3.63) is 29.3 Å². The van der Waals surface area contributed by atoms with Crippen molar-refractivity contribution in [2.45, 2.75) is 32.6 Å². The average Bonchev–Trinajstić information content (AvgIpc) is 2.76. The van der Waals surface area contributed by atoms with Crippen LogP contribution in [0.25, 0.3) is 0 Å². The highest BCUT2D eigenvalue weighted by atomic mass is 32.2. The molecule has 0 atom stereocenters. The van der Waals surface area contributed by atoms with Crippen LogP contribution >= 0.6 is 11.8 Å². The summed E-state index contributed by atoms with van der Waals surface area (Å²) >= 11 is 2.02. The minimum atomic E-state index is 1.10. The van der Waals surface area contributed by atoms with Crippen LogP contribution in [0.15, 0.2) is 18.2 Å². The van der Waals surface area contributed by atoms with Crippen molar-refractivity contribution in [1.29, 1.82) is 0 Å². The van der Waals surface area contributed by atoms with E-state index in [-0.39, 0.29) is 0 Å². The van der Waals surface area contributed by atoms with E-state index in [2.05, 4.69) is 30.4 Å². The van der Waals surface area contributed by atoms with Gasteiger partial charge >= 0.3 is 0 Å². The standard InChI is InChI=1S/C14H21NS/c1-2-16-10-4-9-15-14-8-7-12-5-3-6-13(12)11-14/h7-8,11,15H,2-6,9-10H2,1H3. The Morgan fingerprint density at radius 3 is 3.00 bits per heavy atom. The zero-order valence-corrected chi connectivity index (χ0v) is 10.9. The van der Waals surface area contributed by atoms with Crippen LogP contribution < -0.4 is 5.32 Å². The molecule has 0 amide bonds. The maximum absolute atomic E-state index is 3.52. The molecule has 1 N–H and O–H groups in total. The Morgan fingerprint density at radius 1 is 1.25 bits per heavy atom. The van der Waals surface area contributed by atoms with Crippen LogP contribution in [0.5, 0.6) is 0 Å². The van der Waals surface area contributed by atoms with E-state index in [1.807, 2.05) is 11.8 Å². The smallest absolute Gasteiger partial charge is 0.0343 e. The number of nitrogens with one attached hydrogen (secondary N) is 1. The van der Waals surface area contributed by atoms with Crippen LogP contribution in [-0.4, -0.2) is 18.1 Å². The zero-order chi connectivity index (χ0) is 11.2. The van der Waals surface area contributed by atoms with E-state index in [1.54, 1.807) is 11.1 Å². The van der Waals surface area contributed by atoms with Gasteiger partial charge in [0.1, 0.15) is 0 Å². The predicted molar refractivity (Wildman–Crippen MR) is 74.6 cm³/mol. The first-order valence-electron chi connectivity index (χ1n) is 6.33. The normalized spacial score (nSPS) is 13.8. The predicted octanol–water partition coefficient (Wildman–Crippen LogP) is 3.73. The Kier molecular flexibility index (Phi) is 4.58. The summed E-state index contributed by atoms with van der Waals surface area (Å²) in [5.41, 5.74) is 4.43. The van der Waals surface area contributed by atoms with E-state index in [1.165, 1.54) is 42.9 Å². The largest absolute Gasteiger partial charge is 0.385 e. The molecule has 2 rings (SSSR count). The fraction of sp³-hybridized carbons (Fsp3) is 0.571. The molecule has 0 spiro atoms. The van der Waals surface area contributed by atoms with E-state index in [0.29, 0.717) is 0 Å². The van der Waals surface area contributed by atoms with Crippen LogP contribution in [0.3, 0.4) is 0 Å². The minimum absolute atomic E-state index is 1.10. The Hall–Kier alpha value is -0.630. The molecule has 0 aromatic heterocycles. The molecule has 2 heteroatoms. The van der Waals surface area contributed by atoms with E-state index >= 15 is 0 Å². The molecule has 0 bridgehead atoms. The summed E-state index contributed by atoms with van der Waals surface area (Å²) in [6.45, 7) is 3.32. The molecule has 0 saturated heterocycles. The van der Waals surface area contributed by atoms with Crippen molar-refractivity contribution < 1.29 is 0 Å². The van der Waals surface area contributed by atoms with E-state index in [4.69, 9.17) is 0 Å². The first-order chi connectivity index (χ1) is 7.90. The first-order valence-corrected chi connectivity index (χ1v) is 7.49. The molecule has 1 nitrogen and oxygen atoms in total. The van der Waals surface area contributed by atoms with Gasteiger partial charge in [-0.05, 0) is 60.4 Å². The number of anilines is 1. The van der Waals surface area contributed by atoms with Gasteiger partial charge in [-0.15, -0.1) is 0 Å². The number of benzene rings is 1. The van der Waals surface area contributed by atoms with Gasteiger partial charge in [-0.3, -0.25) is 0 Å². The van der Waals surface area contributed by atoms with Crippen LogP contribution in [0.2, 0.25) is 0 Å². The quantitative estimate of drug-likeness (QED) is 0.754. The topological polar surface area (TPSA) is 12.0 Å². The molecule has 0 aliphatic heterocycles. The van der Waals surface area contributed by atoms with Crippen molar-refractivity contribution in [3.8, 4) is 0 Å². The summed E-state index contributed by atoms with van der Waals surface area (Å²) in [6.07, 6.45) is 5.15. The van der Waals surface area contributed by atoms with Gasteiger partial charge in [0, 0.05) is 12.2 Å². The lowest BCUT2D eigenvalue weighted by atomic mass is 10.1. The summed E-state index contributed by atoms with van der Waals surface area (Å²) in [5, 5.41) is 3.52. The third-order valence-corrected chi connectivity index (χ3v) is 4.08. The molecular formula is C14H21NS. The van der Waals surface area contributed by atoms with E-state index < -0.39 is 0 Å². The minimum Gasteiger partial charge on any atom is -0.385 e.